The van der Waals surface area contributed by atoms with Crippen molar-refractivity contribution in [3.05, 3.63) is 65.7 Å². The highest BCUT2D eigenvalue weighted by molar-refractivity contribution is 5.40. The predicted molar refractivity (Wildman–Crippen MR) is 77.1 cm³/mol. The van der Waals surface area contributed by atoms with E-state index >= 15 is 0 Å². The standard InChI is InChI=1S/C17H19NO/c18-11-14-10-16(14)15-8-4-5-9-17(15)19-12-13-6-2-1-3-7-13/h1-9,14,16H,10-12,18H2/t14-,16+/m1/s1. The average molecular weight is 253 g/mol. The number of ether oxygens (including phenoxy) is 1. The van der Waals surface area contributed by atoms with Crippen LogP contribution in [0.25, 0.3) is 0 Å². The molecular weight excluding hydrogens is 234 g/mol. The van der Waals surface area contributed by atoms with Gasteiger partial charge in [-0.05, 0) is 42.0 Å². The van der Waals surface area contributed by atoms with Gasteiger partial charge in [0.05, 0.1) is 0 Å². The first kappa shape index (κ1) is 12.2. The van der Waals surface area contributed by atoms with E-state index in [1.54, 1.807) is 0 Å². The zero-order valence-electron chi connectivity index (χ0n) is 11.0. The normalized spacial score (nSPS) is 21.1. The number of para-hydroxylation sites is 1. The second-order valence-electron chi connectivity index (χ2n) is 5.15. The molecule has 19 heavy (non-hydrogen) atoms. The third-order valence-corrected chi connectivity index (χ3v) is 3.78. The molecule has 1 saturated carbocycles. The predicted octanol–water partition coefficient (Wildman–Crippen LogP) is 3.33. The Morgan fingerprint density at radius 3 is 2.47 bits per heavy atom. The summed E-state index contributed by atoms with van der Waals surface area (Å²) in [6.07, 6.45) is 1.20. The lowest BCUT2D eigenvalue weighted by molar-refractivity contribution is 0.302. The third kappa shape index (κ3) is 2.79. The smallest absolute Gasteiger partial charge is 0.123 e. The summed E-state index contributed by atoms with van der Waals surface area (Å²) in [5.74, 6) is 2.24. The molecule has 98 valence electrons. The molecule has 0 spiro atoms. The van der Waals surface area contributed by atoms with Gasteiger partial charge in [-0.2, -0.15) is 0 Å². The molecule has 0 aromatic heterocycles. The van der Waals surface area contributed by atoms with Gasteiger partial charge in [-0.25, -0.2) is 0 Å². The van der Waals surface area contributed by atoms with Gasteiger partial charge in [0.1, 0.15) is 12.4 Å². The van der Waals surface area contributed by atoms with E-state index in [0.29, 0.717) is 18.4 Å². The summed E-state index contributed by atoms with van der Waals surface area (Å²) in [7, 11) is 0. The van der Waals surface area contributed by atoms with E-state index in [4.69, 9.17) is 10.5 Å². The zero-order valence-corrected chi connectivity index (χ0v) is 11.0. The van der Waals surface area contributed by atoms with Gasteiger partial charge >= 0.3 is 0 Å². The Balaban J connectivity index is 1.71. The van der Waals surface area contributed by atoms with E-state index < -0.39 is 0 Å². The summed E-state index contributed by atoms with van der Waals surface area (Å²) < 4.78 is 5.98. The molecule has 3 rings (SSSR count). The molecule has 2 heteroatoms. The number of rotatable bonds is 5. The van der Waals surface area contributed by atoms with Gasteiger partial charge in [0.2, 0.25) is 0 Å². The highest BCUT2D eigenvalue weighted by Gasteiger charge is 2.38. The van der Waals surface area contributed by atoms with Crippen molar-refractivity contribution in [3.8, 4) is 5.75 Å². The van der Waals surface area contributed by atoms with Crippen LogP contribution in [0.15, 0.2) is 54.6 Å². The van der Waals surface area contributed by atoms with Crippen molar-refractivity contribution in [1.29, 1.82) is 0 Å². The van der Waals surface area contributed by atoms with Crippen LogP contribution in [0.3, 0.4) is 0 Å². The van der Waals surface area contributed by atoms with E-state index in [1.807, 2.05) is 24.3 Å². The van der Waals surface area contributed by atoms with E-state index in [2.05, 4.69) is 30.3 Å². The van der Waals surface area contributed by atoms with E-state index in [9.17, 15) is 0 Å². The van der Waals surface area contributed by atoms with Crippen LogP contribution in [-0.4, -0.2) is 6.54 Å². The van der Waals surface area contributed by atoms with Crippen molar-refractivity contribution in [1.82, 2.24) is 0 Å². The largest absolute Gasteiger partial charge is 0.489 e. The van der Waals surface area contributed by atoms with Crippen LogP contribution in [-0.2, 0) is 6.61 Å². The van der Waals surface area contributed by atoms with Gasteiger partial charge in [-0.3, -0.25) is 0 Å². The Kier molecular flexibility index (Phi) is 3.51. The fourth-order valence-corrected chi connectivity index (χ4v) is 2.54. The fourth-order valence-electron chi connectivity index (χ4n) is 2.54. The summed E-state index contributed by atoms with van der Waals surface area (Å²) in [4.78, 5) is 0. The van der Waals surface area contributed by atoms with E-state index in [1.165, 1.54) is 17.5 Å². The summed E-state index contributed by atoms with van der Waals surface area (Å²) in [6.45, 7) is 1.40. The SMILES string of the molecule is NC[C@H]1C[C@@H]1c1ccccc1OCc1ccccc1. The van der Waals surface area contributed by atoms with Crippen LogP contribution in [0.1, 0.15) is 23.5 Å². The van der Waals surface area contributed by atoms with Gasteiger partial charge in [0.15, 0.2) is 0 Å². The molecule has 1 aliphatic carbocycles. The Labute approximate surface area is 114 Å². The lowest BCUT2D eigenvalue weighted by Gasteiger charge is -2.11. The second-order valence-corrected chi connectivity index (χ2v) is 5.15. The quantitative estimate of drug-likeness (QED) is 0.887. The fraction of sp³-hybridized carbons (Fsp3) is 0.294. The molecule has 2 atom stereocenters. The molecule has 0 unspecified atom stereocenters. The second kappa shape index (κ2) is 5.45. The molecule has 0 saturated heterocycles. The van der Waals surface area contributed by atoms with Crippen LogP contribution in [0.4, 0.5) is 0 Å². The van der Waals surface area contributed by atoms with Crippen molar-refractivity contribution in [2.45, 2.75) is 18.9 Å². The summed E-state index contributed by atoms with van der Waals surface area (Å²) >= 11 is 0. The lowest BCUT2D eigenvalue weighted by atomic mass is 10.1. The molecule has 0 bridgehead atoms. The van der Waals surface area contributed by atoms with Crippen LogP contribution >= 0.6 is 0 Å². The van der Waals surface area contributed by atoms with E-state index in [-0.39, 0.29) is 0 Å². The first-order chi connectivity index (χ1) is 9.38. The number of hydrogen-bond acceptors (Lipinski definition) is 2. The Morgan fingerprint density at radius 1 is 1.00 bits per heavy atom. The number of hydrogen-bond donors (Lipinski definition) is 1. The van der Waals surface area contributed by atoms with Crippen LogP contribution in [0, 0.1) is 5.92 Å². The minimum atomic E-state index is 0.594. The van der Waals surface area contributed by atoms with Crippen LogP contribution < -0.4 is 10.5 Å². The molecule has 2 aromatic carbocycles. The van der Waals surface area contributed by atoms with Crippen molar-refractivity contribution >= 4 is 0 Å². The van der Waals surface area contributed by atoms with Crippen LogP contribution in [0.5, 0.6) is 5.75 Å². The molecule has 0 aliphatic heterocycles. The summed E-state index contributed by atoms with van der Waals surface area (Å²) in [6, 6.07) is 18.6. The first-order valence-corrected chi connectivity index (χ1v) is 6.84. The molecule has 2 nitrogen and oxygen atoms in total. The van der Waals surface area contributed by atoms with Crippen molar-refractivity contribution in [2.75, 3.05) is 6.54 Å². The number of nitrogens with two attached hydrogens (primary N) is 1. The van der Waals surface area contributed by atoms with Crippen molar-refractivity contribution in [2.24, 2.45) is 11.7 Å². The summed E-state index contributed by atoms with van der Waals surface area (Å²) in [5.41, 5.74) is 8.25. The van der Waals surface area contributed by atoms with Crippen molar-refractivity contribution in [3.63, 3.8) is 0 Å². The lowest BCUT2D eigenvalue weighted by Crippen LogP contribution is -2.03. The molecular formula is C17H19NO. The van der Waals surface area contributed by atoms with Gasteiger partial charge in [0, 0.05) is 0 Å². The average Bonchev–Trinajstić information content (AvgIpc) is 3.26. The monoisotopic (exact) mass is 253 g/mol. The first-order valence-electron chi connectivity index (χ1n) is 6.84. The van der Waals surface area contributed by atoms with Crippen molar-refractivity contribution < 1.29 is 4.74 Å². The van der Waals surface area contributed by atoms with Gasteiger partial charge in [-0.1, -0.05) is 48.5 Å². The Hall–Kier alpha value is -1.80. The molecule has 1 fully saturated rings. The summed E-state index contributed by atoms with van der Waals surface area (Å²) in [5, 5.41) is 0. The minimum absolute atomic E-state index is 0.594. The Bertz CT molecular complexity index is 538. The molecule has 0 heterocycles. The Morgan fingerprint density at radius 2 is 1.74 bits per heavy atom. The maximum Gasteiger partial charge on any atom is 0.123 e. The number of benzene rings is 2. The van der Waals surface area contributed by atoms with Gasteiger partial charge < -0.3 is 10.5 Å². The van der Waals surface area contributed by atoms with Crippen LogP contribution in [0.2, 0.25) is 0 Å². The van der Waals surface area contributed by atoms with E-state index in [0.717, 1.165) is 12.3 Å². The van der Waals surface area contributed by atoms with Gasteiger partial charge in [0.25, 0.3) is 0 Å². The molecule has 2 aromatic rings. The highest BCUT2D eigenvalue weighted by Crippen LogP contribution is 2.49. The third-order valence-electron chi connectivity index (χ3n) is 3.78. The molecule has 0 radical (unpaired) electrons. The molecule has 0 amide bonds. The maximum atomic E-state index is 5.98. The maximum absolute atomic E-state index is 5.98. The highest BCUT2D eigenvalue weighted by atomic mass is 16.5. The zero-order chi connectivity index (χ0) is 13.1. The topological polar surface area (TPSA) is 35.2 Å². The molecule has 2 N–H and O–H groups in total. The van der Waals surface area contributed by atoms with Gasteiger partial charge in [-0.15, -0.1) is 0 Å². The minimum Gasteiger partial charge on any atom is -0.489 e. The molecule has 1 aliphatic rings.